The first-order chi connectivity index (χ1) is 12.7. The van der Waals surface area contributed by atoms with E-state index in [2.05, 4.69) is 35.9 Å². The third-order valence-electron chi connectivity index (χ3n) is 8.87. The summed E-state index contributed by atoms with van der Waals surface area (Å²) in [5, 5.41) is 0. The lowest BCUT2D eigenvalue weighted by Gasteiger charge is -2.59. The maximum atomic E-state index is 12.3. The third kappa shape index (κ3) is 2.96. The van der Waals surface area contributed by atoms with Crippen LogP contribution in [0.5, 0.6) is 0 Å². The van der Waals surface area contributed by atoms with Gasteiger partial charge in [-0.05, 0) is 74.0 Å². The fourth-order valence-electron chi connectivity index (χ4n) is 7.57. The Bertz CT molecular complexity index is 685. The van der Waals surface area contributed by atoms with E-state index in [1.165, 1.54) is 31.8 Å². The summed E-state index contributed by atoms with van der Waals surface area (Å²) < 4.78 is 5.55. The molecule has 0 heterocycles. The van der Waals surface area contributed by atoms with Crippen LogP contribution >= 0.6 is 15.9 Å². The molecule has 5 unspecified atom stereocenters. The lowest BCUT2D eigenvalue weighted by molar-refractivity contribution is -0.149. The Labute approximate surface area is 171 Å². The van der Waals surface area contributed by atoms with Crippen LogP contribution in [0.3, 0.4) is 0 Å². The van der Waals surface area contributed by atoms with Gasteiger partial charge in [-0.2, -0.15) is 0 Å². The van der Waals surface area contributed by atoms with Crippen molar-refractivity contribution in [1.82, 2.24) is 0 Å². The quantitative estimate of drug-likeness (QED) is 0.327. The summed E-state index contributed by atoms with van der Waals surface area (Å²) in [4.78, 5) is 24.1. The van der Waals surface area contributed by atoms with Crippen molar-refractivity contribution in [2.24, 2.45) is 34.5 Å². The van der Waals surface area contributed by atoms with Gasteiger partial charge in [0.15, 0.2) is 0 Å². The highest BCUT2D eigenvalue weighted by atomic mass is 79.9. The Hall–Kier alpha value is -0.640. The van der Waals surface area contributed by atoms with Crippen LogP contribution in [0.1, 0.15) is 72.6 Å². The SMILES string of the molecule is CC(=O)O[C@H]1CC[C@@]2(C)C(=CC(Br)C3C4CCC(C(C)=O)[C@@]4(C)CCC32)C1. The largest absolute Gasteiger partial charge is 0.462 e. The smallest absolute Gasteiger partial charge is 0.302 e. The minimum Gasteiger partial charge on any atom is -0.462 e. The molecule has 4 aliphatic carbocycles. The Morgan fingerprint density at radius 2 is 1.81 bits per heavy atom. The molecule has 0 bridgehead atoms. The molecule has 3 saturated carbocycles. The van der Waals surface area contributed by atoms with E-state index in [0.29, 0.717) is 28.4 Å². The van der Waals surface area contributed by atoms with Crippen LogP contribution in [0.15, 0.2) is 11.6 Å². The van der Waals surface area contributed by atoms with Gasteiger partial charge in [-0.15, -0.1) is 0 Å². The molecule has 0 aromatic heterocycles. The lowest BCUT2D eigenvalue weighted by Crippen LogP contribution is -2.54. The molecular weight excluding hydrogens is 404 g/mol. The first-order valence-electron chi connectivity index (χ1n) is 10.7. The second-order valence-corrected chi connectivity index (χ2v) is 11.2. The number of halogens is 1. The molecule has 4 aliphatic rings. The van der Waals surface area contributed by atoms with E-state index in [0.717, 1.165) is 25.7 Å². The fraction of sp³-hybridized carbons (Fsp3) is 0.826. The summed E-state index contributed by atoms with van der Waals surface area (Å²) in [5.41, 5.74) is 1.89. The van der Waals surface area contributed by atoms with Gasteiger partial charge in [-0.25, -0.2) is 0 Å². The van der Waals surface area contributed by atoms with Crippen LogP contribution in [0.25, 0.3) is 0 Å². The normalized spacial score (nSPS) is 48.7. The summed E-state index contributed by atoms with van der Waals surface area (Å²) in [7, 11) is 0. The molecule has 0 saturated heterocycles. The summed E-state index contributed by atoms with van der Waals surface area (Å²) in [6, 6.07) is 0. The van der Waals surface area contributed by atoms with Crippen molar-refractivity contribution in [2.75, 3.05) is 0 Å². The molecule has 0 aromatic rings. The molecule has 3 fully saturated rings. The van der Waals surface area contributed by atoms with Crippen molar-refractivity contribution in [3.05, 3.63) is 11.6 Å². The van der Waals surface area contributed by atoms with Crippen LogP contribution in [0.2, 0.25) is 0 Å². The second-order valence-electron chi connectivity index (χ2n) is 10.1. The number of alkyl halides is 1. The average Bonchev–Trinajstić information content (AvgIpc) is 2.93. The minimum absolute atomic E-state index is 0.0421. The van der Waals surface area contributed by atoms with Gasteiger partial charge in [-0.1, -0.05) is 41.4 Å². The zero-order valence-corrected chi connectivity index (χ0v) is 18.7. The molecule has 0 spiro atoms. The third-order valence-corrected chi connectivity index (χ3v) is 9.74. The van der Waals surface area contributed by atoms with E-state index in [1.54, 1.807) is 6.92 Å². The van der Waals surface area contributed by atoms with E-state index >= 15 is 0 Å². The molecule has 0 aromatic carbocycles. The van der Waals surface area contributed by atoms with E-state index in [-0.39, 0.29) is 28.8 Å². The van der Waals surface area contributed by atoms with Crippen molar-refractivity contribution in [2.45, 2.75) is 83.6 Å². The highest BCUT2D eigenvalue weighted by molar-refractivity contribution is 9.09. The van der Waals surface area contributed by atoms with Gasteiger partial charge < -0.3 is 4.74 Å². The van der Waals surface area contributed by atoms with Gasteiger partial charge in [0.25, 0.3) is 0 Å². The predicted octanol–water partition coefficient (Wildman–Crippen LogP) is 5.46. The number of Topliss-reactive ketones (excluding diaryl/α,β-unsaturated/α-hetero) is 1. The van der Waals surface area contributed by atoms with Crippen LogP contribution in [-0.4, -0.2) is 22.7 Å². The highest BCUT2D eigenvalue weighted by Crippen LogP contribution is 2.67. The maximum absolute atomic E-state index is 12.3. The van der Waals surface area contributed by atoms with Crippen molar-refractivity contribution >= 4 is 27.7 Å². The van der Waals surface area contributed by atoms with Gasteiger partial charge in [-0.3, -0.25) is 9.59 Å². The van der Waals surface area contributed by atoms with Crippen LogP contribution in [-0.2, 0) is 14.3 Å². The Morgan fingerprint density at radius 3 is 2.48 bits per heavy atom. The van der Waals surface area contributed by atoms with Gasteiger partial charge >= 0.3 is 5.97 Å². The lowest BCUT2D eigenvalue weighted by atomic mass is 9.47. The van der Waals surface area contributed by atoms with Gasteiger partial charge in [0.1, 0.15) is 11.9 Å². The number of carbonyl (C=O) groups is 2. The van der Waals surface area contributed by atoms with Crippen LogP contribution in [0, 0.1) is 34.5 Å². The molecule has 4 heteroatoms. The van der Waals surface area contributed by atoms with Crippen LogP contribution < -0.4 is 0 Å². The molecule has 27 heavy (non-hydrogen) atoms. The number of ketones is 1. The summed E-state index contributed by atoms with van der Waals surface area (Å²) in [6.07, 6.45) is 10.1. The summed E-state index contributed by atoms with van der Waals surface area (Å²) in [6.45, 7) is 8.16. The molecular formula is C23H33BrO3. The first-order valence-corrected chi connectivity index (χ1v) is 11.6. The number of ether oxygens (including phenoxy) is 1. The number of esters is 1. The fourth-order valence-corrected chi connectivity index (χ4v) is 8.63. The van der Waals surface area contributed by atoms with E-state index in [4.69, 9.17) is 4.74 Å². The highest BCUT2D eigenvalue weighted by Gasteiger charge is 2.61. The predicted molar refractivity (Wildman–Crippen MR) is 110 cm³/mol. The van der Waals surface area contributed by atoms with Crippen molar-refractivity contribution in [1.29, 1.82) is 0 Å². The molecule has 0 amide bonds. The first kappa shape index (κ1) is 19.7. The van der Waals surface area contributed by atoms with Gasteiger partial charge in [0, 0.05) is 24.1 Å². The number of carbonyl (C=O) groups excluding carboxylic acids is 2. The van der Waals surface area contributed by atoms with Crippen molar-refractivity contribution < 1.29 is 14.3 Å². The molecule has 150 valence electrons. The molecule has 0 radical (unpaired) electrons. The zero-order valence-electron chi connectivity index (χ0n) is 17.1. The standard InChI is InChI=1S/C23H33BrO3/c1-13(25)17-5-6-18-21-19(8-10-23(17,18)4)22(3)9-7-16(27-14(2)26)11-15(22)12-20(21)24/h12,16-21H,5-11H2,1-4H3/t16-,17?,18?,19?,20?,21?,22-,23+/m0/s1. The minimum atomic E-state index is -0.164. The molecule has 0 aliphatic heterocycles. The molecule has 4 rings (SSSR count). The van der Waals surface area contributed by atoms with Gasteiger partial charge in [0.2, 0.25) is 0 Å². The Balaban J connectivity index is 1.64. The second kappa shape index (κ2) is 6.71. The van der Waals surface area contributed by atoms with E-state index < -0.39 is 0 Å². The number of fused-ring (bicyclic) bond motifs is 5. The van der Waals surface area contributed by atoms with Crippen LogP contribution in [0.4, 0.5) is 0 Å². The van der Waals surface area contributed by atoms with E-state index in [1.807, 2.05) is 0 Å². The molecule has 8 atom stereocenters. The zero-order chi connectivity index (χ0) is 19.6. The number of rotatable bonds is 2. The van der Waals surface area contributed by atoms with Gasteiger partial charge in [0.05, 0.1) is 0 Å². The maximum Gasteiger partial charge on any atom is 0.302 e. The Morgan fingerprint density at radius 1 is 1.07 bits per heavy atom. The van der Waals surface area contributed by atoms with E-state index in [9.17, 15) is 9.59 Å². The number of allylic oxidation sites excluding steroid dienone is 1. The van der Waals surface area contributed by atoms with Crippen molar-refractivity contribution in [3.8, 4) is 0 Å². The monoisotopic (exact) mass is 436 g/mol. The molecule has 0 N–H and O–H groups in total. The van der Waals surface area contributed by atoms with Crippen molar-refractivity contribution in [3.63, 3.8) is 0 Å². The Kier molecular flexibility index (Phi) is 4.89. The number of hydrogen-bond donors (Lipinski definition) is 0. The topological polar surface area (TPSA) is 43.4 Å². The summed E-state index contributed by atoms with van der Waals surface area (Å²) >= 11 is 4.04. The number of hydrogen-bond acceptors (Lipinski definition) is 3. The molecule has 3 nitrogen and oxygen atoms in total. The summed E-state index contributed by atoms with van der Waals surface area (Å²) in [5.74, 6) is 2.40. The average molecular weight is 437 g/mol.